The molecule has 4 amide bonds. The van der Waals surface area contributed by atoms with Gasteiger partial charge >= 0.3 is 12.0 Å². The first-order valence-electron chi connectivity index (χ1n) is 10.8. The number of hydrogen-bond acceptors (Lipinski definition) is 5. The normalized spacial score (nSPS) is 14.7. The first-order valence-corrected chi connectivity index (χ1v) is 11.8. The highest BCUT2D eigenvalue weighted by Crippen LogP contribution is 2.29. The van der Waals surface area contributed by atoms with Crippen LogP contribution in [0.5, 0.6) is 0 Å². The summed E-state index contributed by atoms with van der Waals surface area (Å²) in [6.45, 7) is 4.93. The van der Waals surface area contributed by atoms with Crippen molar-refractivity contribution in [3.63, 3.8) is 0 Å². The van der Waals surface area contributed by atoms with Gasteiger partial charge in [0.05, 0.1) is 12.1 Å². The maximum absolute atomic E-state index is 13.0. The number of benzene rings is 2. The Labute approximate surface area is 202 Å². The van der Waals surface area contributed by atoms with Gasteiger partial charge < -0.3 is 25.5 Å². The molecule has 9 nitrogen and oxygen atoms in total. The topological polar surface area (TPSA) is 119 Å². The summed E-state index contributed by atoms with van der Waals surface area (Å²) in [5, 5.41) is 14.1. The largest absolute Gasteiger partial charge is 0.478 e. The Kier molecular flexibility index (Phi) is 8.17. The minimum Gasteiger partial charge on any atom is -0.478 e. The molecular formula is C24H28N4O5S. The average molecular weight is 485 g/mol. The molecule has 2 aromatic rings. The number of anilines is 2. The van der Waals surface area contributed by atoms with Gasteiger partial charge in [-0.2, -0.15) is 11.8 Å². The van der Waals surface area contributed by atoms with Crippen LogP contribution in [0.1, 0.15) is 24.2 Å². The van der Waals surface area contributed by atoms with Crippen LogP contribution in [-0.2, 0) is 9.59 Å². The second-order valence-corrected chi connectivity index (χ2v) is 10.2. The van der Waals surface area contributed by atoms with Crippen LogP contribution in [0.15, 0.2) is 54.6 Å². The molecule has 1 aliphatic rings. The lowest BCUT2D eigenvalue weighted by atomic mass is 10.2. The summed E-state index contributed by atoms with van der Waals surface area (Å²) in [5.74, 6) is -0.874. The van der Waals surface area contributed by atoms with Crippen LogP contribution in [-0.4, -0.2) is 70.5 Å². The quantitative estimate of drug-likeness (QED) is 0.556. The van der Waals surface area contributed by atoms with Crippen molar-refractivity contribution in [2.24, 2.45) is 0 Å². The van der Waals surface area contributed by atoms with E-state index in [0.717, 1.165) is 5.75 Å². The van der Waals surface area contributed by atoms with Crippen molar-refractivity contribution in [1.82, 2.24) is 10.2 Å². The van der Waals surface area contributed by atoms with E-state index in [1.54, 1.807) is 35.2 Å². The smallest absolute Gasteiger partial charge is 0.335 e. The zero-order valence-corrected chi connectivity index (χ0v) is 19.9. The molecule has 0 atom stereocenters. The molecule has 0 bridgehead atoms. The van der Waals surface area contributed by atoms with E-state index in [1.807, 2.05) is 17.8 Å². The highest BCUT2D eigenvalue weighted by atomic mass is 32.2. The molecule has 0 aromatic heterocycles. The van der Waals surface area contributed by atoms with E-state index in [2.05, 4.69) is 24.5 Å². The van der Waals surface area contributed by atoms with Gasteiger partial charge in [0.1, 0.15) is 6.54 Å². The van der Waals surface area contributed by atoms with Gasteiger partial charge in [-0.15, -0.1) is 0 Å². The highest BCUT2D eigenvalue weighted by Gasteiger charge is 2.31. The molecule has 10 heteroatoms. The number of thioether (sulfide) groups is 1. The van der Waals surface area contributed by atoms with E-state index < -0.39 is 17.9 Å². The number of urea groups is 1. The number of nitrogens with one attached hydrogen (secondary N) is 2. The average Bonchev–Trinajstić information content (AvgIpc) is 2.81. The molecule has 2 aromatic carbocycles. The summed E-state index contributed by atoms with van der Waals surface area (Å²) in [7, 11) is 0. The SMILES string of the molecule is CC1(C)CN(C(=O)CN(C(=O)CNC(=O)Nc2cccc(C(=O)O)c2)c2ccccc2)CCS1. The monoisotopic (exact) mass is 484 g/mol. The Hall–Kier alpha value is -3.53. The highest BCUT2D eigenvalue weighted by molar-refractivity contribution is 8.00. The number of hydrogen-bond donors (Lipinski definition) is 3. The molecular weight excluding hydrogens is 456 g/mol. The molecule has 1 fully saturated rings. The summed E-state index contributed by atoms with van der Waals surface area (Å²) >= 11 is 1.82. The summed E-state index contributed by atoms with van der Waals surface area (Å²) in [5.41, 5.74) is 0.871. The van der Waals surface area contributed by atoms with Crippen molar-refractivity contribution < 1.29 is 24.3 Å². The van der Waals surface area contributed by atoms with E-state index in [4.69, 9.17) is 5.11 Å². The fourth-order valence-electron chi connectivity index (χ4n) is 3.55. The second-order valence-electron chi connectivity index (χ2n) is 8.43. The summed E-state index contributed by atoms with van der Waals surface area (Å²) in [6.07, 6.45) is 0. The minimum absolute atomic E-state index is 0.0296. The lowest BCUT2D eigenvalue weighted by Gasteiger charge is -2.38. The number of rotatable bonds is 7. The second kappa shape index (κ2) is 11.1. The third kappa shape index (κ3) is 6.98. The standard InChI is InChI=1S/C24H28N4O5S/c1-24(2)16-27(11-12-34-24)21(30)15-28(19-9-4-3-5-10-19)20(29)14-25-23(33)26-18-8-6-7-17(13-18)22(31)32/h3-10,13H,11-12,14-16H2,1-2H3,(H,31,32)(H2,25,26,33). The summed E-state index contributed by atoms with van der Waals surface area (Å²) in [4.78, 5) is 52.5. The number of para-hydroxylation sites is 1. The number of carbonyl (C=O) groups excluding carboxylic acids is 3. The number of carboxylic acid groups (broad SMARTS) is 1. The van der Waals surface area contributed by atoms with Gasteiger partial charge in [0.25, 0.3) is 0 Å². The number of aromatic carboxylic acids is 1. The van der Waals surface area contributed by atoms with Gasteiger partial charge in [-0.05, 0) is 44.2 Å². The maximum atomic E-state index is 13.0. The molecule has 1 aliphatic heterocycles. The molecule has 180 valence electrons. The Bertz CT molecular complexity index is 1060. The van der Waals surface area contributed by atoms with Crippen molar-refractivity contribution >= 4 is 47.0 Å². The molecule has 1 saturated heterocycles. The number of amides is 4. The molecule has 0 radical (unpaired) electrons. The lowest BCUT2D eigenvalue weighted by molar-refractivity contribution is -0.131. The van der Waals surface area contributed by atoms with E-state index in [1.165, 1.54) is 23.1 Å². The first-order chi connectivity index (χ1) is 16.1. The van der Waals surface area contributed by atoms with Crippen molar-refractivity contribution in [3.05, 3.63) is 60.2 Å². The molecule has 0 spiro atoms. The van der Waals surface area contributed by atoms with Gasteiger partial charge in [0, 0.05) is 35.0 Å². The lowest BCUT2D eigenvalue weighted by Crippen LogP contribution is -2.51. The van der Waals surface area contributed by atoms with Crippen molar-refractivity contribution in [2.75, 3.05) is 42.1 Å². The summed E-state index contributed by atoms with van der Waals surface area (Å²) in [6, 6.07) is 13.9. The van der Waals surface area contributed by atoms with E-state index >= 15 is 0 Å². The fourth-order valence-corrected chi connectivity index (χ4v) is 4.66. The molecule has 0 aliphatic carbocycles. The Morgan fingerprint density at radius 1 is 1.09 bits per heavy atom. The predicted octanol–water partition coefficient (Wildman–Crippen LogP) is 2.89. The van der Waals surface area contributed by atoms with Crippen LogP contribution in [0.2, 0.25) is 0 Å². The van der Waals surface area contributed by atoms with E-state index in [9.17, 15) is 19.2 Å². The third-order valence-electron chi connectivity index (χ3n) is 5.21. The molecule has 0 saturated carbocycles. The van der Waals surface area contributed by atoms with Gasteiger partial charge in [0.15, 0.2) is 0 Å². The van der Waals surface area contributed by atoms with Crippen LogP contribution in [0, 0.1) is 0 Å². The molecule has 3 rings (SSSR count). The molecule has 34 heavy (non-hydrogen) atoms. The van der Waals surface area contributed by atoms with Gasteiger partial charge in [0.2, 0.25) is 11.8 Å². The van der Waals surface area contributed by atoms with Crippen LogP contribution in [0.4, 0.5) is 16.2 Å². The van der Waals surface area contributed by atoms with Crippen molar-refractivity contribution in [2.45, 2.75) is 18.6 Å². The third-order valence-corrected chi connectivity index (χ3v) is 6.51. The van der Waals surface area contributed by atoms with Crippen LogP contribution in [0.3, 0.4) is 0 Å². The number of carbonyl (C=O) groups is 4. The minimum atomic E-state index is -1.11. The molecule has 0 unspecified atom stereocenters. The molecule has 3 N–H and O–H groups in total. The van der Waals surface area contributed by atoms with Crippen LogP contribution in [0.25, 0.3) is 0 Å². The van der Waals surface area contributed by atoms with Gasteiger partial charge in [-0.1, -0.05) is 24.3 Å². The van der Waals surface area contributed by atoms with Crippen LogP contribution < -0.4 is 15.5 Å². The first kappa shape index (κ1) is 25.1. The Balaban J connectivity index is 1.64. The zero-order chi connectivity index (χ0) is 24.7. The maximum Gasteiger partial charge on any atom is 0.335 e. The summed E-state index contributed by atoms with van der Waals surface area (Å²) < 4.78 is -0.0485. The number of nitrogens with zero attached hydrogens (tertiary/aromatic N) is 2. The number of carboxylic acids is 1. The van der Waals surface area contributed by atoms with E-state index in [0.29, 0.717) is 18.8 Å². The predicted molar refractivity (Wildman–Crippen MR) is 132 cm³/mol. The van der Waals surface area contributed by atoms with Gasteiger partial charge in [-0.3, -0.25) is 9.59 Å². The van der Waals surface area contributed by atoms with Gasteiger partial charge in [-0.25, -0.2) is 9.59 Å². The van der Waals surface area contributed by atoms with Crippen molar-refractivity contribution in [1.29, 1.82) is 0 Å². The Morgan fingerprint density at radius 3 is 2.50 bits per heavy atom. The van der Waals surface area contributed by atoms with Crippen LogP contribution >= 0.6 is 11.8 Å². The molecule has 1 heterocycles. The Morgan fingerprint density at radius 2 is 1.82 bits per heavy atom. The zero-order valence-electron chi connectivity index (χ0n) is 19.1. The van der Waals surface area contributed by atoms with Crippen molar-refractivity contribution in [3.8, 4) is 0 Å². The fraction of sp³-hybridized carbons (Fsp3) is 0.333. The van der Waals surface area contributed by atoms with E-state index in [-0.39, 0.29) is 35.0 Å².